The Morgan fingerprint density at radius 3 is 1.29 bits per heavy atom. The lowest BCUT2D eigenvalue weighted by Gasteiger charge is -2.13. The Morgan fingerprint density at radius 2 is 0.911 bits per heavy atom. The number of methoxy groups -OCH3 is 2. The SMILES string of the molecule is COC(=O)CCCCCCCCCCOc1cccc2c(=S)c3cccc(OCCCCCCCCCCC(=O)OC)c3sc12. The highest BCUT2D eigenvalue weighted by atomic mass is 32.1. The van der Waals surface area contributed by atoms with Crippen LogP contribution in [0, 0.1) is 4.51 Å². The number of unbranched alkanes of at least 4 members (excludes halogenated alkanes) is 14. The molecule has 0 spiro atoms. The molecule has 1 aromatic heterocycles. The van der Waals surface area contributed by atoms with Gasteiger partial charge >= 0.3 is 11.9 Å². The number of hydrogen-bond donors (Lipinski definition) is 0. The summed E-state index contributed by atoms with van der Waals surface area (Å²) in [6, 6.07) is 12.4. The van der Waals surface area contributed by atoms with E-state index in [1.54, 1.807) is 11.3 Å². The van der Waals surface area contributed by atoms with E-state index in [0.29, 0.717) is 26.1 Å². The van der Waals surface area contributed by atoms with Crippen LogP contribution in [0.15, 0.2) is 36.4 Å². The van der Waals surface area contributed by atoms with Crippen LogP contribution in [-0.4, -0.2) is 39.4 Å². The first-order chi connectivity index (χ1) is 22.0. The van der Waals surface area contributed by atoms with Crippen molar-refractivity contribution in [3.8, 4) is 11.5 Å². The van der Waals surface area contributed by atoms with Crippen molar-refractivity contribution in [1.29, 1.82) is 0 Å². The number of esters is 2. The number of carbonyl (C=O) groups excluding carboxylic acids is 2. The molecule has 8 heteroatoms. The summed E-state index contributed by atoms with van der Waals surface area (Å²) in [4.78, 5) is 22.4. The van der Waals surface area contributed by atoms with E-state index in [4.69, 9.17) is 31.2 Å². The molecular formula is C37H52O6S2. The Kier molecular flexibility index (Phi) is 17.9. The van der Waals surface area contributed by atoms with Crippen LogP contribution >= 0.6 is 23.6 Å². The largest absolute Gasteiger partial charge is 0.492 e. The first kappa shape index (κ1) is 36.8. The second kappa shape index (κ2) is 21.9. The van der Waals surface area contributed by atoms with Gasteiger partial charge in [0.2, 0.25) is 0 Å². The van der Waals surface area contributed by atoms with Gasteiger partial charge in [0.1, 0.15) is 11.5 Å². The third kappa shape index (κ3) is 13.3. The summed E-state index contributed by atoms with van der Waals surface area (Å²) in [5, 5.41) is 2.13. The fourth-order valence-electron chi connectivity index (χ4n) is 5.51. The lowest BCUT2D eigenvalue weighted by molar-refractivity contribution is -0.141. The number of rotatable bonds is 24. The molecule has 0 radical (unpaired) electrons. The molecule has 2 aromatic carbocycles. The zero-order valence-corrected chi connectivity index (χ0v) is 29.0. The predicted molar refractivity (Wildman–Crippen MR) is 188 cm³/mol. The third-order valence-corrected chi connectivity index (χ3v) is 9.86. The van der Waals surface area contributed by atoms with Gasteiger partial charge in [0.25, 0.3) is 0 Å². The smallest absolute Gasteiger partial charge is 0.305 e. The highest BCUT2D eigenvalue weighted by molar-refractivity contribution is 7.72. The van der Waals surface area contributed by atoms with Crippen molar-refractivity contribution >= 4 is 55.7 Å². The highest BCUT2D eigenvalue weighted by Crippen LogP contribution is 2.40. The van der Waals surface area contributed by atoms with E-state index in [-0.39, 0.29) is 11.9 Å². The van der Waals surface area contributed by atoms with Gasteiger partial charge in [-0.05, 0) is 37.8 Å². The van der Waals surface area contributed by atoms with Crippen molar-refractivity contribution in [1.82, 2.24) is 0 Å². The highest BCUT2D eigenvalue weighted by Gasteiger charge is 2.12. The van der Waals surface area contributed by atoms with Crippen LogP contribution in [0.5, 0.6) is 11.5 Å². The summed E-state index contributed by atoms with van der Waals surface area (Å²) >= 11 is 7.66. The van der Waals surface area contributed by atoms with Crippen molar-refractivity contribution in [2.75, 3.05) is 27.4 Å². The maximum Gasteiger partial charge on any atom is 0.305 e. The van der Waals surface area contributed by atoms with Gasteiger partial charge in [0.05, 0.1) is 41.3 Å². The molecule has 0 aliphatic rings. The summed E-state index contributed by atoms with van der Waals surface area (Å²) < 4.78 is 25.0. The minimum absolute atomic E-state index is 0.108. The van der Waals surface area contributed by atoms with E-state index in [2.05, 4.69) is 24.3 Å². The molecule has 0 atom stereocenters. The van der Waals surface area contributed by atoms with Gasteiger partial charge in [-0.2, -0.15) is 0 Å². The van der Waals surface area contributed by atoms with E-state index in [0.717, 1.165) is 87.5 Å². The average Bonchev–Trinajstić information content (AvgIpc) is 3.06. The molecule has 0 unspecified atom stereocenters. The van der Waals surface area contributed by atoms with Crippen LogP contribution in [-0.2, 0) is 19.1 Å². The van der Waals surface area contributed by atoms with Gasteiger partial charge in [0.15, 0.2) is 0 Å². The molecule has 0 N–H and O–H groups in total. The molecule has 0 aliphatic carbocycles. The zero-order chi connectivity index (χ0) is 32.1. The molecule has 1 heterocycles. The molecule has 3 rings (SSSR count). The molecule has 0 saturated heterocycles. The molecule has 6 nitrogen and oxygen atoms in total. The second-order valence-electron chi connectivity index (χ2n) is 11.7. The summed E-state index contributed by atoms with van der Waals surface area (Å²) in [5.74, 6) is 1.58. The molecule has 0 aliphatic heterocycles. The Hall–Kier alpha value is -2.71. The average molecular weight is 657 g/mol. The van der Waals surface area contributed by atoms with Crippen molar-refractivity contribution < 1.29 is 28.5 Å². The molecule has 0 fully saturated rings. The summed E-state index contributed by atoms with van der Waals surface area (Å²) in [7, 11) is 2.90. The van der Waals surface area contributed by atoms with Crippen LogP contribution in [0.3, 0.4) is 0 Å². The predicted octanol–water partition coefficient (Wildman–Crippen LogP) is 10.9. The van der Waals surface area contributed by atoms with E-state index < -0.39 is 0 Å². The van der Waals surface area contributed by atoms with Crippen molar-refractivity contribution in [2.45, 2.75) is 116 Å². The van der Waals surface area contributed by atoms with Crippen LogP contribution < -0.4 is 9.47 Å². The van der Waals surface area contributed by atoms with Crippen LogP contribution in [0.2, 0.25) is 0 Å². The van der Waals surface area contributed by atoms with E-state index in [1.165, 1.54) is 65.6 Å². The Morgan fingerprint density at radius 1 is 0.556 bits per heavy atom. The fraction of sp³-hybridized carbons (Fsp3) is 0.595. The van der Waals surface area contributed by atoms with Gasteiger partial charge < -0.3 is 18.9 Å². The van der Waals surface area contributed by atoms with E-state index in [9.17, 15) is 9.59 Å². The summed E-state index contributed by atoms with van der Waals surface area (Å²) in [5.41, 5.74) is 0. The normalized spacial score (nSPS) is 11.2. The van der Waals surface area contributed by atoms with Gasteiger partial charge in [-0.15, -0.1) is 11.3 Å². The first-order valence-electron chi connectivity index (χ1n) is 16.9. The topological polar surface area (TPSA) is 71.1 Å². The number of ether oxygens (including phenoxy) is 4. The number of carbonyl (C=O) groups is 2. The summed E-state index contributed by atoms with van der Waals surface area (Å²) in [6.45, 7) is 1.39. The fourth-order valence-corrected chi connectivity index (χ4v) is 7.20. The van der Waals surface area contributed by atoms with E-state index in [1.807, 2.05) is 12.1 Å². The molecule has 3 aromatic rings. The molecule has 0 saturated carbocycles. The Balaban J connectivity index is 1.41. The molecule has 0 bridgehead atoms. The lowest BCUT2D eigenvalue weighted by atomic mass is 10.1. The minimum Gasteiger partial charge on any atom is -0.492 e. The third-order valence-electron chi connectivity index (χ3n) is 8.17. The number of fused-ring (bicyclic) bond motifs is 2. The standard InChI is InChI=1S/C37H52O6S2/c1-40-33(38)25-15-11-7-3-5-9-13-17-27-42-31-23-19-21-29-35(44)30-22-20-24-32(37(30)45-36(29)31)43-28-18-14-10-6-4-8-12-16-26-34(39)41-2/h19-24H,3-18,25-28H2,1-2H3. The Labute approximate surface area is 278 Å². The summed E-state index contributed by atoms with van der Waals surface area (Å²) in [6.07, 6.45) is 19.1. The van der Waals surface area contributed by atoms with Gasteiger partial charge in [0, 0.05) is 23.6 Å². The molecule has 0 amide bonds. The first-order valence-corrected chi connectivity index (χ1v) is 18.2. The number of benzene rings is 2. The van der Waals surface area contributed by atoms with Crippen molar-refractivity contribution in [3.05, 3.63) is 40.9 Å². The Bertz CT molecular complexity index is 1270. The van der Waals surface area contributed by atoms with Gasteiger partial charge in [-0.1, -0.05) is 114 Å². The van der Waals surface area contributed by atoms with Crippen LogP contribution in [0.1, 0.15) is 116 Å². The quantitative estimate of drug-likeness (QED) is 0.0411. The minimum atomic E-state index is -0.108. The molecular weight excluding hydrogens is 605 g/mol. The van der Waals surface area contributed by atoms with Crippen LogP contribution in [0.4, 0.5) is 0 Å². The van der Waals surface area contributed by atoms with Crippen molar-refractivity contribution in [3.63, 3.8) is 0 Å². The van der Waals surface area contributed by atoms with E-state index >= 15 is 0 Å². The zero-order valence-electron chi connectivity index (χ0n) is 27.4. The number of hydrogen-bond acceptors (Lipinski definition) is 8. The van der Waals surface area contributed by atoms with Crippen LogP contribution in [0.25, 0.3) is 20.2 Å². The monoisotopic (exact) mass is 656 g/mol. The maximum atomic E-state index is 11.2. The lowest BCUT2D eigenvalue weighted by Crippen LogP contribution is -1.99. The second-order valence-corrected chi connectivity index (χ2v) is 13.1. The maximum absolute atomic E-state index is 11.2. The van der Waals surface area contributed by atoms with Gasteiger partial charge in [-0.25, -0.2) is 0 Å². The van der Waals surface area contributed by atoms with Crippen molar-refractivity contribution in [2.24, 2.45) is 0 Å². The molecule has 45 heavy (non-hydrogen) atoms. The van der Waals surface area contributed by atoms with Gasteiger partial charge in [-0.3, -0.25) is 9.59 Å². The molecule has 248 valence electrons.